The number of nitrogens with one attached hydrogen (secondary N) is 1. The SMILES string of the molecule is CC1CCC(NC(=O)C(C)N2CCC(N(C)S(C)(=O)=O)CC2)CC1. The Labute approximate surface area is 147 Å². The highest BCUT2D eigenvalue weighted by Crippen LogP contribution is 2.24. The molecule has 1 heterocycles. The lowest BCUT2D eigenvalue weighted by atomic mass is 9.87. The molecule has 140 valence electrons. The number of amides is 1. The Morgan fingerprint density at radius 1 is 1.12 bits per heavy atom. The molecule has 1 aliphatic heterocycles. The maximum absolute atomic E-state index is 12.5. The second-order valence-corrected chi connectivity index (χ2v) is 9.73. The molecule has 6 nitrogen and oxygen atoms in total. The van der Waals surface area contributed by atoms with E-state index < -0.39 is 10.0 Å². The van der Waals surface area contributed by atoms with Crippen LogP contribution in [0.4, 0.5) is 0 Å². The number of sulfonamides is 1. The second-order valence-electron chi connectivity index (χ2n) is 7.69. The zero-order chi connectivity index (χ0) is 17.9. The lowest BCUT2D eigenvalue weighted by molar-refractivity contribution is -0.127. The fraction of sp³-hybridized carbons (Fsp3) is 0.941. The summed E-state index contributed by atoms with van der Waals surface area (Å²) in [7, 11) is -1.50. The zero-order valence-corrected chi connectivity index (χ0v) is 16.3. The van der Waals surface area contributed by atoms with Crippen LogP contribution in [0.15, 0.2) is 0 Å². The molecule has 1 amide bonds. The van der Waals surface area contributed by atoms with Gasteiger partial charge >= 0.3 is 0 Å². The molecule has 7 heteroatoms. The second kappa shape index (κ2) is 8.15. The van der Waals surface area contributed by atoms with Crippen molar-refractivity contribution in [3.05, 3.63) is 0 Å². The Morgan fingerprint density at radius 2 is 1.67 bits per heavy atom. The highest BCUT2D eigenvalue weighted by molar-refractivity contribution is 7.88. The average Bonchev–Trinajstić information content (AvgIpc) is 2.55. The minimum Gasteiger partial charge on any atom is -0.352 e. The number of rotatable bonds is 5. The number of carbonyl (C=O) groups excluding carboxylic acids is 1. The molecule has 1 N–H and O–H groups in total. The van der Waals surface area contributed by atoms with Gasteiger partial charge < -0.3 is 5.32 Å². The van der Waals surface area contributed by atoms with Crippen LogP contribution in [0.1, 0.15) is 52.4 Å². The molecule has 2 fully saturated rings. The van der Waals surface area contributed by atoms with Crippen LogP contribution in [0, 0.1) is 5.92 Å². The number of likely N-dealkylation sites (tertiary alicyclic amines) is 1. The number of nitrogens with zero attached hydrogens (tertiary/aromatic N) is 2. The maximum Gasteiger partial charge on any atom is 0.237 e. The topological polar surface area (TPSA) is 69.7 Å². The summed E-state index contributed by atoms with van der Waals surface area (Å²) in [5.74, 6) is 0.894. The van der Waals surface area contributed by atoms with Crippen LogP contribution in [0.2, 0.25) is 0 Å². The van der Waals surface area contributed by atoms with Gasteiger partial charge in [-0.2, -0.15) is 0 Å². The van der Waals surface area contributed by atoms with Gasteiger partial charge in [0.1, 0.15) is 0 Å². The molecule has 1 atom stereocenters. The number of hydrogen-bond donors (Lipinski definition) is 1. The lowest BCUT2D eigenvalue weighted by Gasteiger charge is -2.38. The van der Waals surface area contributed by atoms with Crippen molar-refractivity contribution in [2.45, 2.75) is 70.5 Å². The van der Waals surface area contributed by atoms with Crippen LogP contribution in [0.5, 0.6) is 0 Å². The predicted octanol–water partition coefficient (Wildman–Crippen LogP) is 1.43. The number of hydrogen-bond acceptors (Lipinski definition) is 4. The molecule has 0 radical (unpaired) electrons. The number of carbonyl (C=O) groups is 1. The molecule has 0 aromatic rings. The van der Waals surface area contributed by atoms with E-state index in [0.29, 0.717) is 6.04 Å². The quantitative estimate of drug-likeness (QED) is 0.806. The largest absolute Gasteiger partial charge is 0.352 e. The molecule has 2 aliphatic rings. The van der Waals surface area contributed by atoms with Crippen LogP contribution < -0.4 is 5.32 Å². The summed E-state index contributed by atoms with van der Waals surface area (Å²) < 4.78 is 24.8. The molecule has 24 heavy (non-hydrogen) atoms. The van der Waals surface area contributed by atoms with Gasteiger partial charge in [-0.1, -0.05) is 6.92 Å². The molecule has 0 bridgehead atoms. The smallest absolute Gasteiger partial charge is 0.237 e. The van der Waals surface area contributed by atoms with E-state index in [1.54, 1.807) is 7.05 Å². The summed E-state index contributed by atoms with van der Waals surface area (Å²) in [5, 5.41) is 3.21. The van der Waals surface area contributed by atoms with Crippen molar-refractivity contribution in [3.8, 4) is 0 Å². The maximum atomic E-state index is 12.5. The van der Waals surface area contributed by atoms with Crippen LogP contribution >= 0.6 is 0 Å². The highest BCUT2D eigenvalue weighted by atomic mass is 32.2. The molecule has 0 aromatic heterocycles. The van der Waals surface area contributed by atoms with E-state index in [1.165, 1.54) is 23.4 Å². The van der Waals surface area contributed by atoms with Gasteiger partial charge in [-0.3, -0.25) is 9.69 Å². The molecule has 1 aliphatic carbocycles. The van der Waals surface area contributed by atoms with Gasteiger partial charge in [0.2, 0.25) is 15.9 Å². The third kappa shape index (κ3) is 5.17. The van der Waals surface area contributed by atoms with Crippen molar-refractivity contribution in [1.29, 1.82) is 0 Å². The standard InChI is InChI=1S/C17H33N3O3S/c1-13-5-7-15(8-6-13)18-17(21)14(2)20-11-9-16(10-12-20)19(3)24(4,22)23/h13-16H,5-12H2,1-4H3,(H,18,21). The molecule has 0 spiro atoms. The summed E-state index contributed by atoms with van der Waals surface area (Å²) in [6.45, 7) is 5.77. The van der Waals surface area contributed by atoms with Crippen molar-refractivity contribution in [2.75, 3.05) is 26.4 Å². The molecule has 1 saturated heterocycles. The molecule has 1 unspecified atom stereocenters. The Kier molecular flexibility index (Phi) is 6.67. The minimum absolute atomic E-state index is 0.0475. The Bertz CT molecular complexity index is 521. The normalized spacial score (nSPS) is 28.7. The first-order chi connectivity index (χ1) is 11.2. The van der Waals surface area contributed by atoms with Crippen molar-refractivity contribution < 1.29 is 13.2 Å². The third-order valence-corrected chi connectivity index (χ3v) is 7.17. The van der Waals surface area contributed by atoms with Crippen LogP contribution in [-0.4, -0.2) is 68.0 Å². The van der Waals surface area contributed by atoms with Gasteiger partial charge in [0.25, 0.3) is 0 Å². The third-order valence-electron chi connectivity index (χ3n) is 5.83. The van der Waals surface area contributed by atoms with Gasteiger partial charge in [0.15, 0.2) is 0 Å². The monoisotopic (exact) mass is 359 g/mol. The predicted molar refractivity (Wildman–Crippen MR) is 96.2 cm³/mol. The summed E-state index contributed by atoms with van der Waals surface area (Å²) in [6, 6.07) is 0.227. The van der Waals surface area contributed by atoms with Gasteiger partial charge in [-0.05, 0) is 51.4 Å². The first-order valence-corrected chi connectivity index (χ1v) is 11.0. The van der Waals surface area contributed by atoms with Crippen LogP contribution in [0.25, 0.3) is 0 Å². The fourth-order valence-corrected chi connectivity index (χ4v) is 4.55. The highest BCUT2D eigenvalue weighted by Gasteiger charge is 2.31. The van der Waals surface area contributed by atoms with Crippen LogP contribution in [0.3, 0.4) is 0 Å². The molecule has 1 saturated carbocycles. The van der Waals surface area contributed by atoms with E-state index in [4.69, 9.17) is 0 Å². The first kappa shape index (κ1) is 19.7. The zero-order valence-electron chi connectivity index (χ0n) is 15.5. The molecular weight excluding hydrogens is 326 g/mol. The van der Waals surface area contributed by atoms with Crippen LogP contribution in [-0.2, 0) is 14.8 Å². The van der Waals surface area contributed by atoms with Gasteiger partial charge in [-0.15, -0.1) is 0 Å². The summed E-state index contributed by atoms with van der Waals surface area (Å²) >= 11 is 0. The van der Waals surface area contributed by atoms with Crippen molar-refractivity contribution in [1.82, 2.24) is 14.5 Å². The fourth-order valence-electron chi connectivity index (χ4n) is 3.80. The summed E-state index contributed by atoms with van der Waals surface area (Å²) in [5.41, 5.74) is 0. The Hall–Kier alpha value is -0.660. The lowest BCUT2D eigenvalue weighted by Crippen LogP contribution is -2.53. The van der Waals surface area contributed by atoms with Gasteiger partial charge in [0, 0.05) is 32.2 Å². The van der Waals surface area contributed by atoms with Gasteiger partial charge in [-0.25, -0.2) is 12.7 Å². The molecular formula is C17H33N3O3S. The summed E-state index contributed by atoms with van der Waals surface area (Å²) in [6.07, 6.45) is 7.37. The van der Waals surface area contributed by atoms with Gasteiger partial charge in [0.05, 0.1) is 12.3 Å². The van der Waals surface area contributed by atoms with Crippen molar-refractivity contribution in [3.63, 3.8) is 0 Å². The Morgan fingerprint density at radius 3 is 2.17 bits per heavy atom. The molecule has 0 aromatic carbocycles. The van der Waals surface area contributed by atoms with E-state index >= 15 is 0 Å². The van der Waals surface area contributed by atoms with E-state index in [2.05, 4.69) is 17.1 Å². The Balaban J connectivity index is 1.79. The van der Waals surface area contributed by atoms with E-state index in [-0.39, 0.29) is 18.0 Å². The average molecular weight is 360 g/mol. The first-order valence-electron chi connectivity index (χ1n) is 9.16. The number of piperidine rings is 1. The van der Waals surface area contributed by atoms with Crippen molar-refractivity contribution in [2.24, 2.45) is 5.92 Å². The van der Waals surface area contributed by atoms with Crippen molar-refractivity contribution >= 4 is 15.9 Å². The summed E-state index contributed by atoms with van der Waals surface area (Å²) in [4.78, 5) is 14.7. The van der Waals surface area contributed by atoms with E-state index in [1.807, 2.05) is 6.92 Å². The minimum atomic E-state index is -3.14. The van der Waals surface area contributed by atoms with E-state index in [9.17, 15) is 13.2 Å². The van der Waals surface area contributed by atoms with E-state index in [0.717, 1.165) is 44.7 Å². The molecule has 2 rings (SSSR count).